The molecule has 0 atom stereocenters. The van der Waals surface area contributed by atoms with E-state index in [1.54, 1.807) is 0 Å². The minimum Gasteiger partial charge on any atom is -0.357 e. The van der Waals surface area contributed by atoms with E-state index >= 15 is 0 Å². The summed E-state index contributed by atoms with van der Waals surface area (Å²) in [6.45, 7) is 11.9. The molecule has 0 bridgehead atoms. The zero-order valence-corrected chi connectivity index (χ0v) is 19.7. The molecule has 0 unspecified atom stereocenters. The standard InChI is InChI=1S/C19H37N5O2.HI/c1-5-20-17(26)19(3,4)15-23-18(21-6-2)22-12-10-14-24-13-9-7-8-11-16(24)25;/h5-15H2,1-4H3,(H,20,26)(H2,21,22,23);1H. The number of nitrogens with one attached hydrogen (secondary N) is 3. The molecule has 8 heteroatoms. The van der Waals surface area contributed by atoms with Crippen LogP contribution in [0.15, 0.2) is 4.99 Å². The second-order valence-corrected chi connectivity index (χ2v) is 7.41. The second kappa shape index (κ2) is 14.0. The van der Waals surface area contributed by atoms with Crippen LogP contribution in [-0.2, 0) is 9.59 Å². The smallest absolute Gasteiger partial charge is 0.227 e. The van der Waals surface area contributed by atoms with Crippen LogP contribution >= 0.6 is 24.0 Å². The summed E-state index contributed by atoms with van der Waals surface area (Å²) in [5.41, 5.74) is -0.545. The van der Waals surface area contributed by atoms with Crippen molar-refractivity contribution in [1.29, 1.82) is 0 Å². The van der Waals surface area contributed by atoms with E-state index in [0.29, 0.717) is 25.5 Å². The van der Waals surface area contributed by atoms with E-state index in [1.165, 1.54) is 0 Å². The fourth-order valence-corrected chi connectivity index (χ4v) is 2.84. The van der Waals surface area contributed by atoms with Gasteiger partial charge in [0.15, 0.2) is 5.96 Å². The molecule has 0 spiro atoms. The summed E-state index contributed by atoms with van der Waals surface area (Å²) in [6, 6.07) is 0. The van der Waals surface area contributed by atoms with Crippen molar-refractivity contribution < 1.29 is 9.59 Å². The molecule has 1 aliphatic heterocycles. The Morgan fingerprint density at radius 3 is 2.48 bits per heavy atom. The highest BCUT2D eigenvalue weighted by Crippen LogP contribution is 2.15. The number of guanidine groups is 1. The van der Waals surface area contributed by atoms with Crippen LogP contribution in [0.5, 0.6) is 0 Å². The first-order valence-corrected chi connectivity index (χ1v) is 9.99. The maximum absolute atomic E-state index is 12.1. The van der Waals surface area contributed by atoms with Gasteiger partial charge in [0, 0.05) is 39.1 Å². The number of carbonyl (C=O) groups excluding carboxylic acids is 2. The lowest BCUT2D eigenvalue weighted by Crippen LogP contribution is -2.42. The van der Waals surface area contributed by atoms with Crippen molar-refractivity contribution in [2.24, 2.45) is 10.4 Å². The third-order valence-corrected chi connectivity index (χ3v) is 4.50. The molecule has 0 saturated carbocycles. The quantitative estimate of drug-likeness (QED) is 0.198. The summed E-state index contributed by atoms with van der Waals surface area (Å²) in [5.74, 6) is 1.01. The molecule has 2 amide bonds. The molecule has 0 aromatic rings. The molecule has 158 valence electrons. The SMILES string of the molecule is CCNC(=O)C(C)(C)CN=C(NCC)NCCCN1CCCCCC1=O.I. The van der Waals surface area contributed by atoms with Crippen molar-refractivity contribution in [2.75, 3.05) is 39.3 Å². The van der Waals surface area contributed by atoms with Gasteiger partial charge in [-0.3, -0.25) is 14.6 Å². The summed E-state index contributed by atoms with van der Waals surface area (Å²) in [4.78, 5) is 30.6. The first-order chi connectivity index (χ1) is 12.4. The summed E-state index contributed by atoms with van der Waals surface area (Å²) in [5, 5.41) is 9.37. The third kappa shape index (κ3) is 10.2. The Balaban J connectivity index is 0.00000676. The van der Waals surface area contributed by atoms with Crippen molar-refractivity contribution >= 4 is 41.8 Å². The molecule has 0 aromatic carbocycles. The van der Waals surface area contributed by atoms with Gasteiger partial charge in [0.1, 0.15) is 0 Å². The first kappa shape index (κ1) is 25.9. The molecule has 27 heavy (non-hydrogen) atoms. The van der Waals surface area contributed by atoms with Crippen molar-refractivity contribution in [3.05, 3.63) is 0 Å². The predicted octanol–water partition coefficient (Wildman–Crippen LogP) is 2.11. The van der Waals surface area contributed by atoms with E-state index in [0.717, 1.165) is 51.9 Å². The third-order valence-electron chi connectivity index (χ3n) is 4.50. The number of halogens is 1. The van der Waals surface area contributed by atoms with Gasteiger partial charge < -0.3 is 20.9 Å². The Morgan fingerprint density at radius 2 is 1.81 bits per heavy atom. The molecule has 0 aliphatic carbocycles. The number of likely N-dealkylation sites (tertiary alicyclic amines) is 1. The van der Waals surface area contributed by atoms with Crippen molar-refractivity contribution in [2.45, 2.75) is 59.8 Å². The zero-order valence-electron chi connectivity index (χ0n) is 17.4. The van der Waals surface area contributed by atoms with Gasteiger partial charge in [0.2, 0.25) is 11.8 Å². The number of hydrogen-bond donors (Lipinski definition) is 3. The van der Waals surface area contributed by atoms with Crippen LogP contribution < -0.4 is 16.0 Å². The number of nitrogens with zero attached hydrogens (tertiary/aromatic N) is 2. The van der Waals surface area contributed by atoms with Gasteiger partial charge in [-0.05, 0) is 47.0 Å². The van der Waals surface area contributed by atoms with E-state index in [2.05, 4.69) is 20.9 Å². The van der Waals surface area contributed by atoms with E-state index in [4.69, 9.17) is 0 Å². The van der Waals surface area contributed by atoms with Gasteiger partial charge in [-0.15, -0.1) is 24.0 Å². The second-order valence-electron chi connectivity index (χ2n) is 7.41. The highest BCUT2D eigenvalue weighted by Gasteiger charge is 2.26. The van der Waals surface area contributed by atoms with Gasteiger partial charge in [-0.2, -0.15) is 0 Å². The molecule has 0 aromatic heterocycles. The number of rotatable bonds is 9. The molecule has 1 heterocycles. The molecule has 3 N–H and O–H groups in total. The number of amides is 2. The number of aliphatic imine (C=N–C) groups is 1. The van der Waals surface area contributed by atoms with Gasteiger partial charge in [0.05, 0.1) is 12.0 Å². The normalized spacial score (nSPS) is 15.6. The predicted molar refractivity (Wildman–Crippen MR) is 122 cm³/mol. The highest BCUT2D eigenvalue weighted by molar-refractivity contribution is 14.0. The van der Waals surface area contributed by atoms with Crippen LogP contribution in [0.2, 0.25) is 0 Å². The summed E-state index contributed by atoms with van der Waals surface area (Å²) < 4.78 is 0. The fraction of sp³-hybridized carbons (Fsp3) is 0.842. The average Bonchev–Trinajstić information content (AvgIpc) is 2.81. The molecular formula is C19H38IN5O2. The fourth-order valence-electron chi connectivity index (χ4n) is 2.84. The Bertz CT molecular complexity index is 483. The maximum Gasteiger partial charge on any atom is 0.227 e. The Kier molecular flexibility index (Phi) is 13.5. The van der Waals surface area contributed by atoms with Crippen LogP contribution in [0, 0.1) is 5.41 Å². The lowest BCUT2D eigenvalue weighted by atomic mass is 9.92. The largest absolute Gasteiger partial charge is 0.357 e. The van der Waals surface area contributed by atoms with E-state index < -0.39 is 5.41 Å². The molecule has 1 aliphatic rings. The van der Waals surface area contributed by atoms with Crippen LogP contribution in [0.3, 0.4) is 0 Å². The van der Waals surface area contributed by atoms with Crippen LogP contribution in [0.25, 0.3) is 0 Å². The number of carbonyl (C=O) groups is 2. The Morgan fingerprint density at radius 1 is 1.11 bits per heavy atom. The highest BCUT2D eigenvalue weighted by atomic mass is 127. The van der Waals surface area contributed by atoms with Crippen LogP contribution in [-0.4, -0.2) is 61.9 Å². The molecule has 7 nitrogen and oxygen atoms in total. The van der Waals surface area contributed by atoms with Crippen molar-refractivity contribution in [1.82, 2.24) is 20.9 Å². The average molecular weight is 495 g/mol. The summed E-state index contributed by atoms with van der Waals surface area (Å²) in [6.07, 6.45) is 4.85. The topological polar surface area (TPSA) is 85.8 Å². The monoisotopic (exact) mass is 495 g/mol. The van der Waals surface area contributed by atoms with Crippen molar-refractivity contribution in [3.63, 3.8) is 0 Å². The molecule has 1 fully saturated rings. The minimum absolute atomic E-state index is 0. The summed E-state index contributed by atoms with van der Waals surface area (Å²) in [7, 11) is 0. The number of hydrogen-bond acceptors (Lipinski definition) is 3. The van der Waals surface area contributed by atoms with Crippen LogP contribution in [0.1, 0.15) is 59.8 Å². The van der Waals surface area contributed by atoms with E-state index in [1.807, 2.05) is 32.6 Å². The van der Waals surface area contributed by atoms with Gasteiger partial charge in [-0.1, -0.05) is 6.42 Å². The zero-order chi connectivity index (χ0) is 19.4. The molecule has 1 rings (SSSR count). The first-order valence-electron chi connectivity index (χ1n) is 9.99. The minimum atomic E-state index is -0.545. The van der Waals surface area contributed by atoms with E-state index in [-0.39, 0.29) is 35.8 Å². The molecule has 1 saturated heterocycles. The van der Waals surface area contributed by atoms with E-state index in [9.17, 15) is 9.59 Å². The van der Waals surface area contributed by atoms with Gasteiger partial charge >= 0.3 is 0 Å². The van der Waals surface area contributed by atoms with Gasteiger partial charge in [-0.25, -0.2) is 0 Å². The molecular weight excluding hydrogens is 457 g/mol. The van der Waals surface area contributed by atoms with Gasteiger partial charge in [0.25, 0.3) is 0 Å². The Hall–Kier alpha value is -1.06. The lowest BCUT2D eigenvalue weighted by Gasteiger charge is -2.22. The Labute approximate surface area is 181 Å². The maximum atomic E-state index is 12.1. The van der Waals surface area contributed by atoms with Crippen molar-refractivity contribution in [3.8, 4) is 0 Å². The lowest BCUT2D eigenvalue weighted by molar-refractivity contribution is -0.130. The van der Waals surface area contributed by atoms with Crippen LogP contribution in [0.4, 0.5) is 0 Å². The summed E-state index contributed by atoms with van der Waals surface area (Å²) >= 11 is 0. The molecule has 0 radical (unpaired) electrons.